The zero-order chi connectivity index (χ0) is 61.9. The number of unbranched alkanes of at least 4 members (excludes halogenated alkanes) is 16. The van der Waals surface area contributed by atoms with Crippen molar-refractivity contribution in [3.05, 3.63) is 170 Å². The van der Waals surface area contributed by atoms with E-state index in [2.05, 4.69) is 184 Å². The van der Waals surface area contributed by atoms with Crippen LogP contribution < -0.4 is 0 Å². The number of quaternary nitrogens is 1. The molecule has 0 amide bonds. The predicted molar refractivity (Wildman–Crippen MR) is 363 cm³/mol. The van der Waals surface area contributed by atoms with Gasteiger partial charge in [-0.05, 0) is 128 Å². The molecule has 0 bridgehead atoms. The summed E-state index contributed by atoms with van der Waals surface area (Å²) in [6.45, 7) is 4.61. The summed E-state index contributed by atoms with van der Waals surface area (Å²) < 4.78 is 22.9. The predicted octanol–water partition coefficient (Wildman–Crippen LogP) is 20.7. The maximum atomic E-state index is 12.9. The number of nitrogens with zero attached hydrogens (tertiary/aromatic N) is 1. The number of hydrogen-bond acceptors (Lipinski definition) is 7. The Morgan fingerprint density at radius 3 is 0.941 bits per heavy atom. The molecule has 9 nitrogen and oxygen atoms in total. The molecule has 0 saturated carbocycles. The molecule has 0 aliphatic rings. The number of carboxylic acids is 1. The fourth-order valence-corrected chi connectivity index (χ4v) is 8.44. The summed E-state index contributed by atoms with van der Waals surface area (Å²) in [7, 11) is 5.95. The average molecular weight is 1180 g/mol. The lowest BCUT2D eigenvalue weighted by atomic mass is 10.1. The first kappa shape index (κ1) is 79.7. The molecule has 9 heteroatoms. The van der Waals surface area contributed by atoms with Crippen LogP contribution in [0.25, 0.3) is 0 Å². The van der Waals surface area contributed by atoms with Gasteiger partial charge in [0.05, 0.1) is 34.4 Å². The third kappa shape index (κ3) is 66.0. The van der Waals surface area contributed by atoms with Crippen LogP contribution >= 0.6 is 0 Å². The number of aliphatic carboxylic acids is 1. The summed E-state index contributed by atoms with van der Waals surface area (Å²) in [5.74, 6) is -2.05. The second kappa shape index (κ2) is 64.6. The van der Waals surface area contributed by atoms with Crippen LogP contribution in [-0.4, -0.2) is 87.4 Å². The van der Waals surface area contributed by atoms with Gasteiger partial charge in [-0.1, -0.05) is 261 Å². The molecule has 0 radical (unpaired) electrons. The Labute approximate surface area is 520 Å². The van der Waals surface area contributed by atoms with Crippen molar-refractivity contribution in [2.24, 2.45) is 0 Å². The zero-order valence-corrected chi connectivity index (χ0v) is 54.4. The minimum absolute atomic E-state index is 0.175. The Hall–Kier alpha value is -5.35. The van der Waals surface area contributed by atoms with Crippen LogP contribution in [0.15, 0.2) is 170 Å². The number of ether oxygens (including phenoxy) is 4. The van der Waals surface area contributed by atoms with Crippen molar-refractivity contribution in [3.63, 3.8) is 0 Å². The van der Waals surface area contributed by atoms with Crippen LogP contribution in [-0.2, 0) is 33.3 Å². The standard InChI is InChI=1S/C76H121NO8/c1-6-8-10-12-14-16-18-20-22-24-26-28-30-32-33-34-35-36-37-38-39-40-41-43-45-47-49-51-53-55-57-59-61-63-65-67-74(79)85-72(71-84-76(75(80)81)82-69-68-77(3,4)5)70-83-73(78)66-64-62-60-58-56-54-52-50-48-46-44-42-31-29-27-25-23-21-19-17-15-13-11-9-7-2/h8-11,14-17,20-23,26-29,32-33,35-36,38-39,41-44,47,49,72,76H,6-7,12-13,18-19,24-25,30-31,34,37,40,45-46,48,50-71H2,1-5H3/p+1/b10-8-,11-9-,16-14-,17-15-,22-20-,23-21-,28-26-,29-27-,33-32-,36-35-,39-38-,43-41-,44-42-,49-47-. The van der Waals surface area contributed by atoms with Crippen molar-refractivity contribution in [2.75, 3.05) is 47.5 Å². The Morgan fingerprint density at radius 2 is 0.635 bits per heavy atom. The lowest BCUT2D eigenvalue weighted by molar-refractivity contribution is -0.870. The Kier molecular flexibility index (Phi) is 60.6. The van der Waals surface area contributed by atoms with E-state index < -0.39 is 24.3 Å². The summed E-state index contributed by atoms with van der Waals surface area (Å²) in [6.07, 6.45) is 94.4. The van der Waals surface area contributed by atoms with Gasteiger partial charge < -0.3 is 28.5 Å². The van der Waals surface area contributed by atoms with Crippen molar-refractivity contribution in [2.45, 2.75) is 245 Å². The van der Waals surface area contributed by atoms with E-state index in [-0.39, 0.29) is 38.6 Å². The van der Waals surface area contributed by atoms with Crippen molar-refractivity contribution in [1.82, 2.24) is 0 Å². The quantitative estimate of drug-likeness (QED) is 0.0211. The molecule has 2 atom stereocenters. The molecule has 0 heterocycles. The third-order valence-electron chi connectivity index (χ3n) is 13.5. The van der Waals surface area contributed by atoms with Gasteiger partial charge in [-0.2, -0.15) is 0 Å². The van der Waals surface area contributed by atoms with Crippen molar-refractivity contribution in [3.8, 4) is 0 Å². The summed E-state index contributed by atoms with van der Waals surface area (Å²) in [6, 6.07) is 0. The first-order chi connectivity index (χ1) is 41.6. The molecule has 0 aliphatic carbocycles. The molecule has 1 N–H and O–H groups in total. The topological polar surface area (TPSA) is 108 Å². The number of esters is 2. The number of carbonyl (C=O) groups is 3. The molecule has 0 fully saturated rings. The van der Waals surface area contributed by atoms with Gasteiger partial charge in [0.25, 0.3) is 6.29 Å². The summed E-state index contributed by atoms with van der Waals surface area (Å²) in [5.41, 5.74) is 0. The maximum Gasteiger partial charge on any atom is 0.361 e. The molecule has 0 aromatic rings. The molecular weight excluding hydrogens is 1050 g/mol. The zero-order valence-electron chi connectivity index (χ0n) is 54.4. The fraction of sp³-hybridized carbons (Fsp3) is 0.592. The van der Waals surface area contributed by atoms with E-state index in [0.717, 1.165) is 148 Å². The van der Waals surface area contributed by atoms with Gasteiger partial charge >= 0.3 is 17.9 Å². The SMILES string of the molecule is CC/C=C\C/C=C\C/C=C\C/C=C\C/C=C\C/C=C\C/C=C\C/C=C\C/C=C\CCCCCCCCCC(=O)OC(COC(=O)CCCCCCCCCCC/C=C\C/C=C\C/C=C\C/C=C\C/C=C\CC)COC(OCC[N+](C)(C)C)C(=O)O. The van der Waals surface area contributed by atoms with Gasteiger partial charge in [0.1, 0.15) is 13.2 Å². The second-order valence-electron chi connectivity index (χ2n) is 22.7. The van der Waals surface area contributed by atoms with E-state index in [1.807, 2.05) is 21.1 Å². The summed E-state index contributed by atoms with van der Waals surface area (Å²) >= 11 is 0. The van der Waals surface area contributed by atoms with Crippen LogP contribution in [0.2, 0.25) is 0 Å². The Bertz CT molecular complexity index is 2000. The molecule has 0 aromatic carbocycles. The number of carboxylic acid groups (broad SMARTS) is 1. The lowest BCUT2D eigenvalue weighted by Crippen LogP contribution is -2.40. The van der Waals surface area contributed by atoms with Crippen molar-refractivity contribution < 1.29 is 42.9 Å². The smallest absolute Gasteiger partial charge is 0.361 e. The monoisotopic (exact) mass is 1180 g/mol. The normalized spacial score (nSPS) is 13.8. The van der Waals surface area contributed by atoms with Crippen LogP contribution in [0.3, 0.4) is 0 Å². The number of likely N-dealkylation sites (N-methyl/N-ethyl adjacent to an activating group) is 1. The van der Waals surface area contributed by atoms with Gasteiger partial charge in [-0.25, -0.2) is 4.79 Å². The van der Waals surface area contributed by atoms with Crippen molar-refractivity contribution in [1.29, 1.82) is 0 Å². The maximum absolute atomic E-state index is 12.9. The molecule has 85 heavy (non-hydrogen) atoms. The van der Waals surface area contributed by atoms with Crippen LogP contribution in [0.4, 0.5) is 0 Å². The molecule has 0 aliphatic heterocycles. The number of carbonyl (C=O) groups excluding carboxylic acids is 2. The van der Waals surface area contributed by atoms with Gasteiger partial charge in [-0.3, -0.25) is 9.59 Å². The molecule has 0 spiro atoms. The van der Waals surface area contributed by atoms with Crippen LogP contribution in [0, 0.1) is 0 Å². The van der Waals surface area contributed by atoms with Crippen molar-refractivity contribution >= 4 is 17.9 Å². The van der Waals surface area contributed by atoms with Crippen LogP contribution in [0.5, 0.6) is 0 Å². The van der Waals surface area contributed by atoms with E-state index in [1.165, 1.54) is 51.4 Å². The minimum atomic E-state index is -1.53. The highest BCUT2D eigenvalue weighted by Gasteiger charge is 2.25. The highest BCUT2D eigenvalue weighted by atomic mass is 16.7. The van der Waals surface area contributed by atoms with E-state index >= 15 is 0 Å². The van der Waals surface area contributed by atoms with E-state index in [9.17, 15) is 19.5 Å². The third-order valence-corrected chi connectivity index (χ3v) is 13.5. The molecule has 0 rings (SSSR count). The first-order valence-electron chi connectivity index (χ1n) is 33.3. The largest absolute Gasteiger partial charge is 0.477 e. The summed E-state index contributed by atoms with van der Waals surface area (Å²) in [4.78, 5) is 37.6. The Balaban J connectivity index is 4.26. The van der Waals surface area contributed by atoms with E-state index in [4.69, 9.17) is 18.9 Å². The highest BCUT2D eigenvalue weighted by molar-refractivity contribution is 5.71. The van der Waals surface area contributed by atoms with Gasteiger partial charge in [0, 0.05) is 12.8 Å². The van der Waals surface area contributed by atoms with Crippen LogP contribution in [0.1, 0.15) is 232 Å². The molecule has 2 unspecified atom stereocenters. The van der Waals surface area contributed by atoms with Gasteiger partial charge in [0.15, 0.2) is 6.10 Å². The van der Waals surface area contributed by atoms with Gasteiger partial charge in [0.2, 0.25) is 0 Å². The number of rotatable bonds is 59. The molecule has 0 saturated heterocycles. The lowest BCUT2D eigenvalue weighted by Gasteiger charge is -2.25. The highest BCUT2D eigenvalue weighted by Crippen LogP contribution is 2.15. The molecule has 0 aromatic heterocycles. The Morgan fingerprint density at radius 1 is 0.353 bits per heavy atom. The number of allylic oxidation sites excluding steroid dienone is 28. The summed E-state index contributed by atoms with van der Waals surface area (Å²) in [5, 5.41) is 9.74. The number of hydrogen-bond donors (Lipinski definition) is 1. The second-order valence-corrected chi connectivity index (χ2v) is 22.7. The van der Waals surface area contributed by atoms with E-state index in [0.29, 0.717) is 17.4 Å². The average Bonchev–Trinajstić information content (AvgIpc) is 3.48. The van der Waals surface area contributed by atoms with Gasteiger partial charge in [-0.15, -0.1) is 0 Å². The first-order valence-corrected chi connectivity index (χ1v) is 33.3. The fourth-order valence-electron chi connectivity index (χ4n) is 8.44. The van der Waals surface area contributed by atoms with E-state index in [1.54, 1.807) is 0 Å². The molecule has 478 valence electrons. The molecular formula is C76H122NO8+. The minimum Gasteiger partial charge on any atom is -0.477 e.